The van der Waals surface area contributed by atoms with Crippen LogP contribution in [0.3, 0.4) is 0 Å². The van der Waals surface area contributed by atoms with Crippen molar-refractivity contribution >= 4 is 51.7 Å². The van der Waals surface area contributed by atoms with Crippen LogP contribution in [0.2, 0.25) is 5.02 Å². The largest absolute Gasteiger partial charge is 0.398 e. The number of rotatable bonds is 3. The Kier molecular flexibility index (Phi) is 5.88. The molecule has 184 valence electrons. The lowest BCUT2D eigenvalue weighted by Crippen LogP contribution is -2.48. The first-order valence-electron chi connectivity index (χ1n) is 11.6. The summed E-state index contributed by atoms with van der Waals surface area (Å²) < 4.78 is 0. The fourth-order valence-corrected chi connectivity index (χ4v) is 5.14. The molecule has 1 saturated heterocycles. The van der Waals surface area contributed by atoms with Crippen LogP contribution < -0.4 is 16.4 Å². The number of nitrogens with zero attached hydrogens (tertiary/aromatic N) is 3. The van der Waals surface area contributed by atoms with Gasteiger partial charge in [-0.1, -0.05) is 17.2 Å². The molecule has 1 spiro atoms. The number of imide groups is 1. The third kappa shape index (κ3) is 4.05. The summed E-state index contributed by atoms with van der Waals surface area (Å²) in [6, 6.07) is 5.08. The van der Waals surface area contributed by atoms with Gasteiger partial charge in [0, 0.05) is 48.4 Å². The van der Waals surface area contributed by atoms with Crippen molar-refractivity contribution in [3.05, 3.63) is 59.0 Å². The number of hydrogen-bond donors (Lipinski definition) is 3. The van der Waals surface area contributed by atoms with Gasteiger partial charge in [0.25, 0.3) is 5.91 Å². The standard InChI is InChI=1S/C26H25ClN6O3/c1-14-17(19-12-29-8-5-20(19)27)10-16-11-21(30-13-18(16)23(14)28)31-22(34)9-15-3-6-26(7-4-15)24(35)33(2)25(36)32-26/h5,8-13H,3-4,6-7,28H2,1-2H3,(H,32,36)(H,30,31,34). The second kappa shape index (κ2) is 8.91. The number of allylic oxidation sites excluding steroid dienone is 1. The molecule has 2 aromatic heterocycles. The van der Waals surface area contributed by atoms with E-state index >= 15 is 0 Å². The Morgan fingerprint density at radius 3 is 2.64 bits per heavy atom. The third-order valence-electron chi connectivity index (χ3n) is 7.09. The van der Waals surface area contributed by atoms with Gasteiger partial charge in [0.2, 0.25) is 5.91 Å². The molecule has 2 aliphatic rings. The number of pyridine rings is 2. The van der Waals surface area contributed by atoms with Gasteiger partial charge in [0.1, 0.15) is 11.4 Å². The molecule has 2 fully saturated rings. The molecule has 0 unspecified atom stereocenters. The summed E-state index contributed by atoms with van der Waals surface area (Å²) in [6.45, 7) is 1.92. The molecule has 0 atom stereocenters. The van der Waals surface area contributed by atoms with E-state index in [4.69, 9.17) is 17.3 Å². The number of urea groups is 1. The van der Waals surface area contributed by atoms with Gasteiger partial charge in [-0.25, -0.2) is 9.78 Å². The molecule has 10 heteroatoms. The Morgan fingerprint density at radius 1 is 1.22 bits per heavy atom. The molecule has 1 saturated carbocycles. The van der Waals surface area contributed by atoms with Gasteiger partial charge < -0.3 is 16.4 Å². The first kappa shape index (κ1) is 23.7. The van der Waals surface area contributed by atoms with Crippen LogP contribution in [-0.4, -0.2) is 45.3 Å². The van der Waals surface area contributed by atoms with Gasteiger partial charge in [-0.15, -0.1) is 0 Å². The van der Waals surface area contributed by atoms with E-state index in [2.05, 4.69) is 20.6 Å². The van der Waals surface area contributed by atoms with Crippen molar-refractivity contribution in [2.45, 2.75) is 38.1 Å². The molecule has 9 nitrogen and oxygen atoms in total. The number of amides is 4. The van der Waals surface area contributed by atoms with Gasteiger partial charge in [-0.2, -0.15) is 0 Å². The minimum Gasteiger partial charge on any atom is -0.398 e. The van der Waals surface area contributed by atoms with Crippen molar-refractivity contribution in [1.29, 1.82) is 0 Å². The van der Waals surface area contributed by atoms with Crippen molar-refractivity contribution < 1.29 is 14.4 Å². The summed E-state index contributed by atoms with van der Waals surface area (Å²) in [6.07, 6.45) is 8.54. The molecular formula is C26H25ClN6O3. The maximum atomic E-state index is 12.7. The fourth-order valence-electron chi connectivity index (χ4n) is 4.93. The Bertz CT molecular complexity index is 1460. The Labute approximate surface area is 212 Å². The lowest BCUT2D eigenvalue weighted by atomic mass is 9.79. The number of carbonyl (C=O) groups excluding carboxylic acids is 3. The van der Waals surface area contributed by atoms with E-state index in [0.717, 1.165) is 37.9 Å². The first-order chi connectivity index (χ1) is 17.2. The number of benzene rings is 1. The highest BCUT2D eigenvalue weighted by molar-refractivity contribution is 6.33. The third-order valence-corrected chi connectivity index (χ3v) is 7.42. The monoisotopic (exact) mass is 504 g/mol. The highest BCUT2D eigenvalue weighted by Crippen LogP contribution is 2.38. The van der Waals surface area contributed by atoms with E-state index in [1.165, 1.54) is 7.05 Å². The average molecular weight is 505 g/mol. The van der Waals surface area contributed by atoms with E-state index in [0.29, 0.717) is 42.2 Å². The molecule has 4 amide bonds. The summed E-state index contributed by atoms with van der Waals surface area (Å²) >= 11 is 6.39. The smallest absolute Gasteiger partial charge is 0.324 e. The summed E-state index contributed by atoms with van der Waals surface area (Å²) in [5.74, 6) is -0.122. The lowest BCUT2D eigenvalue weighted by Gasteiger charge is -2.31. The zero-order valence-electron chi connectivity index (χ0n) is 19.9. The van der Waals surface area contributed by atoms with Crippen LogP contribution >= 0.6 is 11.6 Å². The maximum absolute atomic E-state index is 12.7. The zero-order valence-corrected chi connectivity index (χ0v) is 20.6. The number of aromatic nitrogens is 2. The molecule has 5 rings (SSSR count). The lowest BCUT2D eigenvalue weighted by molar-refractivity contribution is -0.131. The fraction of sp³-hybridized carbons (Fsp3) is 0.269. The van der Waals surface area contributed by atoms with Gasteiger partial charge >= 0.3 is 6.03 Å². The molecule has 0 bridgehead atoms. The summed E-state index contributed by atoms with van der Waals surface area (Å²) in [7, 11) is 1.48. The molecule has 36 heavy (non-hydrogen) atoms. The molecule has 1 aliphatic carbocycles. The molecule has 1 aliphatic heterocycles. The number of anilines is 2. The minimum atomic E-state index is -0.855. The van der Waals surface area contributed by atoms with Gasteiger partial charge in [0.05, 0.1) is 5.02 Å². The van der Waals surface area contributed by atoms with Gasteiger partial charge in [-0.05, 0) is 67.3 Å². The molecule has 3 aromatic rings. The van der Waals surface area contributed by atoms with Crippen LogP contribution in [0.5, 0.6) is 0 Å². The highest BCUT2D eigenvalue weighted by atomic mass is 35.5. The van der Waals surface area contributed by atoms with Crippen LogP contribution in [0.1, 0.15) is 31.2 Å². The van der Waals surface area contributed by atoms with Crippen molar-refractivity contribution in [3.8, 4) is 11.1 Å². The zero-order chi connectivity index (χ0) is 25.6. The topological polar surface area (TPSA) is 130 Å². The predicted molar refractivity (Wildman–Crippen MR) is 138 cm³/mol. The van der Waals surface area contributed by atoms with Crippen LogP contribution in [0.25, 0.3) is 21.9 Å². The van der Waals surface area contributed by atoms with Gasteiger partial charge in [0.15, 0.2) is 0 Å². The molecule has 4 N–H and O–H groups in total. The highest BCUT2D eigenvalue weighted by Gasteiger charge is 2.50. The van der Waals surface area contributed by atoms with E-state index in [1.54, 1.807) is 36.8 Å². The van der Waals surface area contributed by atoms with Crippen LogP contribution in [0, 0.1) is 6.92 Å². The summed E-state index contributed by atoms with van der Waals surface area (Å²) in [5, 5.41) is 7.78. The number of nitrogens with two attached hydrogens (primary N) is 1. The van der Waals surface area contributed by atoms with Gasteiger partial charge in [-0.3, -0.25) is 19.5 Å². The van der Waals surface area contributed by atoms with E-state index < -0.39 is 5.54 Å². The van der Waals surface area contributed by atoms with Crippen molar-refractivity contribution in [3.63, 3.8) is 0 Å². The molecule has 1 aromatic carbocycles. The normalized spacial score (nSPS) is 19.6. The second-order valence-electron chi connectivity index (χ2n) is 9.28. The number of nitrogen functional groups attached to an aromatic ring is 1. The minimum absolute atomic E-state index is 0.210. The number of nitrogens with one attached hydrogen (secondary N) is 2. The van der Waals surface area contributed by atoms with Crippen LogP contribution in [0.15, 0.2) is 48.4 Å². The predicted octanol–water partition coefficient (Wildman–Crippen LogP) is 4.20. The van der Waals surface area contributed by atoms with Crippen LogP contribution in [-0.2, 0) is 9.59 Å². The van der Waals surface area contributed by atoms with Crippen molar-refractivity contribution in [2.75, 3.05) is 18.1 Å². The molecular weight excluding hydrogens is 480 g/mol. The number of carbonyl (C=O) groups is 3. The van der Waals surface area contributed by atoms with Crippen molar-refractivity contribution in [2.24, 2.45) is 0 Å². The second-order valence-corrected chi connectivity index (χ2v) is 9.68. The van der Waals surface area contributed by atoms with Crippen molar-refractivity contribution in [1.82, 2.24) is 20.2 Å². The van der Waals surface area contributed by atoms with Crippen LogP contribution in [0.4, 0.5) is 16.3 Å². The number of fused-ring (bicyclic) bond motifs is 1. The van der Waals surface area contributed by atoms with E-state index in [1.807, 2.05) is 13.0 Å². The quantitative estimate of drug-likeness (QED) is 0.278. The number of likely N-dealkylation sites (N-methyl/N-ethyl adjacent to an activating group) is 1. The Morgan fingerprint density at radius 2 is 1.97 bits per heavy atom. The Hall–Kier alpha value is -3.98. The average Bonchev–Trinajstić information content (AvgIpc) is 3.06. The summed E-state index contributed by atoms with van der Waals surface area (Å²) in [4.78, 5) is 46.7. The molecule has 3 heterocycles. The molecule has 0 radical (unpaired) electrons. The Balaban J connectivity index is 1.35. The van der Waals surface area contributed by atoms with E-state index in [9.17, 15) is 14.4 Å². The number of hydrogen-bond acceptors (Lipinski definition) is 6. The van der Waals surface area contributed by atoms with E-state index in [-0.39, 0.29) is 17.8 Å². The maximum Gasteiger partial charge on any atom is 0.324 e. The SMILES string of the molecule is Cc1c(-c2cnccc2Cl)cc2cc(NC(=O)C=C3CCC4(CC3)NC(=O)N(C)C4=O)ncc2c1N. The number of halogens is 1. The first-order valence-corrected chi connectivity index (χ1v) is 12.0. The summed E-state index contributed by atoms with van der Waals surface area (Å²) in [5.41, 5.74) is 9.57.